The van der Waals surface area contributed by atoms with Gasteiger partial charge in [-0.3, -0.25) is 0 Å². The lowest BCUT2D eigenvalue weighted by molar-refractivity contribution is 0.423. The van der Waals surface area contributed by atoms with Crippen LogP contribution in [0.3, 0.4) is 0 Å². The predicted molar refractivity (Wildman–Crippen MR) is 43.6 cm³/mol. The molecule has 0 bridgehead atoms. The Kier molecular flexibility index (Phi) is 2.34. The van der Waals surface area contributed by atoms with Gasteiger partial charge in [-0.1, -0.05) is 12.8 Å². The van der Waals surface area contributed by atoms with E-state index in [0.29, 0.717) is 5.92 Å². The van der Waals surface area contributed by atoms with Crippen molar-refractivity contribution >= 4 is 0 Å². The fourth-order valence-corrected chi connectivity index (χ4v) is 1.39. The molecule has 2 atom stereocenters. The van der Waals surface area contributed by atoms with E-state index in [1.807, 2.05) is 7.05 Å². The van der Waals surface area contributed by atoms with Gasteiger partial charge < -0.3 is 5.32 Å². The van der Waals surface area contributed by atoms with Crippen molar-refractivity contribution in [3.8, 4) is 12.3 Å². The highest BCUT2D eigenvalue weighted by atomic mass is 14.9. The van der Waals surface area contributed by atoms with E-state index in [0.717, 1.165) is 5.92 Å². The maximum atomic E-state index is 5.34. The summed E-state index contributed by atoms with van der Waals surface area (Å²) in [5.74, 6) is 4.32. The molecule has 2 unspecified atom stereocenters. The minimum absolute atomic E-state index is 0.285. The van der Waals surface area contributed by atoms with E-state index >= 15 is 0 Å². The second-order valence-electron chi connectivity index (χ2n) is 3.13. The van der Waals surface area contributed by atoms with Crippen molar-refractivity contribution in [3.05, 3.63) is 0 Å². The summed E-state index contributed by atoms with van der Waals surface area (Å²) < 4.78 is 0. The summed E-state index contributed by atoms with van der Waals surface area (Å²) >= 11 is 0. The van der Waals surface area contributed by atoms with Crippen molar-refractivity contribution in [2.75, 3.05) is 7.05 Å². The normalized spacial score (nSPS) is 23.3. The maximum absolute atomic E-state index is 5.34. The molecule has 0 amide bonds. The first-order valence-electron chi connectivity index (χ1n) is 3.93. The molecule has 0 aromatic rings. The molecule has 1 rings (SSSR count). The third-order valence-electron chi connectivity index (χ3n) is 2.38. The Labute approximate surface area is 63.2 Å². The van der Waals surface area contributed by atoms with Crippen LogP contribution in [0.2, 0.25) is 0 Å². The van der Waals surface area contributed by atoms with E-state index in [1.54, 1.807) is 0 Å². The smallest absolute Gasteiger partial charge is 0.0713 e. The molecule has 0 aromatic carbocycles. The zero-order valence-corrected chi connectivity index (χ0v) is 6.72. The highest BCUT2D eigenvalue weighted by Gasteiger charge is 2.31. The first-order chi connectivity index (χ1) is 4.79. The van der Waals surface area contributed by atoms with Crippen molar-refractivity contribution in [2.45, 2.75) is 25.8 Å². The van der Waals surface area contributed by atoms with Gasteiger partial charge in [-0.25, -0.2) is 0 Å². The number of hydrogen-bond donors (Lipinski definition) is 1. The Morgan fingerprint density at radius 1 is 1.60 bits per heavy atom. The van der Waals surface area contributed by atoms with Crippen LogP contribution < -0.4 is 5.32 Å². The summed E-state index contributed by atoms with van der Waals surface area (Å²) in [6.07, 6.45) is 8.09. The van der Waals surface area contributed by atoms with Crippen LogP contribution in [-0.2, 0) is 0 Å². The van der Waals surface area contributed by atoms with Gasteiger partial charge in [0.05, 0.1) is 6.04 Å². The van der Waals surface area contributed by atoms with E-state index in [1.165, 1.54) is 12.8 Å². The first kappa shape index (κ1) is 7.63. The number of rotatable bonds is 3. The summed E-state index contributed by atoms with van der Waals surface area (Å²) in [6.45, 7) is 2.23. The lowest BCUT2D eigenvalue weighted by Gasteiger charge is -2.16. The van der Waals surface area contributed by atoms with Gasteiger partial charge in [0, 0.05) is 0 Å². The molecule has 0 radical (unpaired) electrons. The molecule has 1 heteroatoms. The summed E-state index contributed by atoms with van der Waals surface area (Å²) in [4.78, 5) is 0. The van der Waals surface area contributed by atoms with Crippen LogP contribution in [-0.4, -0.2) is 13.1 Å². The third kappa shape index (κ3) is 1.52. The van der Waals surface area contributed by atoms with Crippen LogP contribution in [0.5, 0.6) is 0 Å². The van der Waals surface area contributed by atoms with Gasteiger partial charge in [-0.05, 0) is 31.7 Å². The lowest BCUT2D eigenvalue weighted by Crippen LogP contribution is -2.31. The fraction of sp³-hybridized carbons (Fsp3) is 0.778. The van der Waals surface area contributed by atoms with Crippen LogP contribution in [0.4, 0.5) is 0 Å². The molecule has 1 nitrogen and oxygen atoms in total. The highest BCUT2D eigenvalue weighted by Crippen LogP contribution is 2.37. The number of terminal acetylenes is 1. The fourth-order valence-electron chi connectivity index (χ4n) is 1.39. The van der Waals surface area contributed by atoms with Crippen molar-refractivity contribution in [2.24, 2.45) is 11.8 Å². The molecule has 0 aromatic heterocycles. The monoisotopic (exact) mass is 137 g/mol. The molecular weight excluding hydrogens is 122 g/mol. The van der Waals surface area contributed by atoms with Gasteiger partial charge in [-0.15, -0.1) is 6.42 Å². The molecule has 0 spiro atoms. The Morgan fingerprint density at radius 3 is 2.50 bits per heavy atom. The highest BCUT2D eigenvalue weighted by molar-refractivity contribution is 5.03. The second-order valence-corrected chi connectivity index (χ2v) is 3.13. The van der Waals surface area contributed by atoms with Crippen LogP contribution >= 0.6 is 0 Å². The van der Waals surface area contributed by atoms with Gasteiger partial charge in [0.25, 0.3) is 0 Å². The van der Waals surface area contributed by atoms with Crippen LogP contribution in [0, 0.1) is 24.2 Å². The molecule has 1 fully saturated rings. The Bertz CT molecular complexity index is 141. The van der Waals surface area contributed by atoms with Crippen LogP contribution in [0.25, 0.3) is 0 Å². The van der Waals surface area contributed by atoms with E-state index in [4.69, 9.17) is 6.42 Å². The van der Waals surface area contributed by atoms with Crippen LogP contribution in [0.15, 0.2) is 0 Å². The minimum Gasteiger partial charge on any atom is -0.307 e. The van der Waals surface area contributed by atoms with Gasteiger partial charge in [0.2, 0.25) is 0 Å². The van der Waals surface area contributed by atoms with Gasteiger partial charge >= 0.3 is 0 Å². The van der Waals surface area contributed by atoms with Crippen LogP contribution in [0.1, 0.15) is 19.8 Å². The minimum atomic E-state index is 0.285. The standard InChI is InChI=1S/C9H15N/c1-4-9(10-3)7(2)8-5-6-8/h1,7-10H,5-6H2,2-3H3. The number of hydrogen-bond acceptors (Lipinski definition) is 1. The summed E-state index contributed by atoms with van der Waals surface area (Å²) in [6, 6.07) is 0.285. The van der Waals surface area contributed by atoms with E-state index < -0.39 is 0 Å². The zero-order valence-electron chi connectivity index (χ0n) is 6.72. The average molecular weight is 137 g/mol. The molecular formula is C9H15N. The summed E-state index contributed by atoms with van der Waals surface area (Å²) in [7, 11) is 1.93. The Morgan fingerprint density at radius 2 is 2.20 bits per heavy atom. The van der Waals surface area contributed by atoms with Gasteiger partial charge in [0.1, 0.15) is 0 Å². The molecule has 1 aliphatic rings. The number of nitrogens with one attached hydrogen (secondary N) is 1. The van der Waals surface area contributed by atoms with Crippen molar-refractivity contribution in [1.82, 2.24) is 5.32 Å². The van der Waals surface area contributed by atoms with Gasteiger partial charge in [-0.2, -0.15) is 0 Å². The molecule has 0 saturated heterocycles. The second kappa shape index (κ2) is 3.07. The quantitative estimate of drug-likeness (QED) is 0.577. The predicted octanol–water partition coefficient (Wildman–Crippen LogP) is 1.25. The van der Waals surface area contributed by atoms with Gasteiger partial charge in [0.15, 0.2) is 0 Å². The largest absolute Gasteiger partial charge is 0.307 e. The lowest BCUT2D eigenvalue weighted by atomic mass is 9.98. The van der Waals surface area contributed by atoms with Crippen molar-refractivity contribution < 1.29 is 0 Å². The molecule has 0 aliphatic heterocycles. The van der Waals surface area contributed by atoms with Crippen molar-refractivity contribution in [3.63, 3.8) is 0 Å². The molecule has 1 saturated carbocycles. The SMILES string of the molecule is C#CC(NC)C(C)C1CC1. The average Bonchev–Trinajstić information content (AvgIpc) is 2.71. The van der Waals surface area contributed by atoms with E-state index in [-0.39, 0.29) is 6.04 Å². The Hall–Kier alpha value is -0.480. The maximum Gasteiger partial charge on any atom is 0.0713 e. The van der Waals surface area contributed by atoms with E-state index in [2.05, 4.69) is 18.2 Å². The third-order valence-corrected chi connectivity index (χ3v) is 2.38. The molecule has 1 N–H and O–H groups in total. The first-order valence-corrected chi connectivity index (χ1v) is 3.93. The molecule has 56 valence electrons. The molecule has 1 aliphatic carbocycles. The zero-order chi connectivity index (χ0) is 7.56. The molecule has 0 heterocycles. The topological polar surface area (TPSA) is 12.0 Å². The summed E-state index contributed by atoms with van der Waals surface area (Å²) in [5, 5.41) is 3.14. The van der Waals surface area contributed by atoms with E-state index in [9.17, 15) is 0 Å². The summed E-state index contributed by atoms with van der Waals surface area (Å²) in [5.41, 5.74) is 0. The molecule has 10 heavy (non-hydrogen) atoms. The van der Waals surface area contributed by atoms with Crippen molar-refractivity contribution in [1.29, 1.82) is 0 Å². The Balaban J connectivity index is 2.37.